The van der Waals surface area contributed by atoms with Crippen molar-refractivity contribution in [1.82, 2.24) is 0 Å². The molecule has 3 heteroatoms. The van der Waals surface area contributed by atoms with E-state index in [9.17, 15) is 9.59 Å². The standard InChI is InChI=1S/C23H30O3/c1-13-10-17-18-6-7-21(26-15(3)24)22(18,4)9-8-19(17)23(5)14(2)11-16(25)12-20(13)23/h11-12,17-19,21H,1,6-10H2,2-5H3/t17-,18-,19-,21-,22-,23+/m0/s1. The molecule has 4 aliphatic carbocycles. The van der Waals surface area contributed by atoms with Gasteiger partial charge in [0.05, 0.1) is 0 Å². The molecular formula is C23H30O3. The van der Waals surface area contributed by atoms with Gasteiger partial charge in [0.15, 0.2) is 5.78 Å². The summed E-state index contributed by atoms with van der Waals surface area (Å²) in [4.78, 5) is 23.7. The second-order valence-corrected chi connectivity index (χ2v) is 9.39. The molecule has 0 aromatic rings. The lowest BCUT2D eigenvalue weighted by atomic mass is 9.46. The van der Waals surface area contributed by atoms with Gasteiger partial charge >= 0.3 is 5.97 Å². The Kier molecular flexibility index (Phi) is 3.88. The van der Waals surface area contributed by atoms with Crippen LogP contribution >= 0.6 is 0 Å². The van der Waals surface area contributed by atoms with Crippen molar-refractivity contribution in [2.45, 2.75) is 65.9 Å². The highest BCUT2D eigenvalue weighted by Gasteiger charge is 2.60. The molecule has 140 valence electrons. The fourth-order valence-corrected chi connectivity index (χ4v) is 6.90. The van der Waals surface area contributed by atoms with E-state index in [4.69, 9.17) is 4.74 Å². The van der Waals surface area contributed by atoms with Crippen LogP contribution in [0.5, 0.6) is 0 Å². The summed E-state index contributed by atoms with van der Waals surface area (Å²) < 4.78 is 5.73. The number of allylic oxidation sites excluding steroid dienone is 5. The van der Waals surface area contributed by atoms with Crippen LogP contribution in [0.15, 0.2) is 35.5 Å². The SMILES string of the molecule is C=C1C[C@@H]2[C@H](CC[C@]3(C)[C@@H](OC(C)=O)CC[C@@H]23)[C@@]2(C)C(C)=CC(=O)C=C12. The highest BCUT2D eigenvalue weighted by atomic mass is 16.5. The summed E-state index contributed by atoms with van der Waals surface area (Å²) >= 11 is 0. The first-order valence-electron chi connectivity index (χ1n) is 9.98. The third kappa shape index (κ3) is 2.25. The van der Waals surface area contributed by atoms with Gasteiger partial charge in [0.25, 0.3) is 0 Å². The average molecular weight is 354 g/mol. The number of rotatable bonds is 1. The summed E-state index contributed by atoms with van der Waals surface area (Å²) in [5.41, 5.74) is 3.49. The summed E-state index contributed by atoms with van der Waals surface area (Å²) in [6.07, 6.45) is 8.98. The van der Waals surface area contributed by atoms with Crippen molar-refractivity contribution in [1.29, 1.82) is 0 Å². The number of carbonyl (C=O) groups is 2. The van der Waals surface area contributed by atoms with Crippen LogP contribution < -0.4 is 0 Å². The highest BCUT2D eigenvalue weighted by molar-refractivity contribution is 6.02. The van der Waals surface area contributed by atoms with Crippen molar-refractivity contribution in [2.24, 2.45) is 28.6 Å². The first-order valence-corrected chi connectivity index (χ1v) is 9.98. The summed E-state index contributed by atoms with van der Waals surface area (Å²) in [6, 6.07) is 0. The Bertz CT molecular complexity index is 757. The predicted molar refractivity (Wildman–Crippen MR) is 101 cm³/mol. The molecule has 3 fully saturated rings. The molecule has 0 radical (unpaired) electrons. The molecule has 3 nitrogen and oxygen atoms in total. The molecule has 0 amide bonds. The summed E-state index contributed by atoms with van der Waals surface area (Å²) in [5, 5.41) is 0. The lowest BCUT2D eigenvalue weighted by Crippen LogP contribution is -2.52. The van der Waals surface area contributed by atoms with Gasteiger partial charge in [-0.3, -0.25) is 9.59 Å². The zero-order valence-electron chi connectivity index (χ0n) is 16.4. The zero-order chi connectivity index (χ0) is 18.9. The molecule has 0 aromatic heterocycles. The van der Waals surface area contributed by atoms with Crippen LogP contribution in [0.2, 0.25) is 0 Å². The van der Waals surface area contributed by atoms with Crippen molar-refractivity contribution in [3.05, 3.63) is 35.5 Å². The van der Waals surface area contributed by atoms with E-state index in [1.165, 1.54) is 18.1 Å². The largest absolute Gasteiger partial charge is 0.462 e. The maximum absolute atomic E-state index is 12.1. The summed E-state index contributed by atoms with van der Waals surface area (Å²) in [5.74, 6) is 1.60. The lowest BCUT2D eigenvalue weighted by molar-refractivity contribution is -0.156. The number of carbonyl (C=O) groups excluding carboxylic acids is 2. The topological polar surface area (TPSA) is 43.4 Å². The van der Waals surface area contributed by atoms with Crippen molar-refractivity contribution in [2.75, 3.05) is 0 Å². The Balaban J connectivity index is 1.72. The molecular weight excluding hydrogens is 324 g/mol. The van der Waals surface area contributed by atoms with Crippen molar-refractivity contribution >= 4 is 11.8 Å². The van der Waals surface area contributed by atoms with E-state index in [1.807, 2.05) is 12.2 Å². The fraction of sp³-hybridized carbons (Fsp3) is 0.652. The van der Waals surface area contributed by atoms with Gasteiger partial charge in [0.2, 0.25) is 0 Å². The van der Waals surface area contributed by atoms with Gasteiger partial charge < -0.3 is 4.74 Å². The zero-order valence-corrected chi connectivity index (χ0v) is 16.4. The van der Waals surface area contributed by atoms with E-state index in [2.05, 4.69) is 27.4 Å². The van der Waals surface area contributed by atoms with Gasteiger partial charge in [0, 0.05) is 17.8 Å². The van der Waals surface area contributed by atoms with Crippen LogP contribution in [0.25, 0.3) is 0 Å². The Hall–Kier alpha value is -1.64. The molecule has 4 aliphatic rings. The molecule has 0 spiro atoms. The monoisotopic (exact) mass is 354 g/mol. The Labute approximate surface area is 156 Å². The predicted octanol–water partition coefficient (Wildman–Crippen LogP) is 4.78. The minimum atomic E-state index is -0.159. The molecule has 0 aliphatic heterocycles. The van der Waals surface area contributed by atoms with Crippen LogP contribution in [0.4, 0.5) is 0 Å². The van der Waals surface area contributed by atoms with Crippen LogP contribution in [0.1, 0.15) is 59.8 Å². The molecule has 3 saturated carbocycles. The van der Waals surface area contributed by atoms with E-state index >= 15 is 0 Å². The molecule has 0 heterocycles. The number of ketones is 1. The minimum Gasteiger partial charge on any atom is -0.462 e. The number of hydrogen-bond acceptors (Lipinski definition) is 3. The van der Waals surface area contributed by atoms with Crippen LogP contribution in [0, 0.1) is 28.6 Å². The normalized spacial score (nSPS) is 44.5. The van der Waals surface area contributed by atoms with E-state index in [1.54, 1.807) is 0 Å². The first-order chi connectivity index (χ1) is 12.2. The van der Waals surface area contributed by atoms with Crippen molar-refractivity contribution in [3.8, 4) is 0 Å². The number of hydrogen-bond donors (Lipinski definition) is 0. The first kappa shape index (κ1) is 17.8. The smallest absolute Gasteiger partial charge is 0.302 e. The average Bonchev–Trinajstić information content (AvgIpc) is 2.87. The molecule has 0 bridgehead atoms. The number of ether oxygens (including phenoxy) is 1. The minimum absolute atomic E-state index is 0.0496. The van der Waals surface area contributed by atoms with Crippen LogP contribution in [0.3, 0.4) is 0 Å². The fourth-order valence-electron chi connectivity index (χ4n) is 6.90. The molecule has 4 rings (SSSR count). The van der Waals surface area contributed by atoms with Gasteiger partial charge in [-0.05, 0) is 74.5 Å². The third-order valence-electron chi connectivity index (χ3n) is 8.29. The molecule has 6 atom stereocenters. The van der Waals surface area contributed by atoms with Gasteiger partial charge in [-0.2, -0.15) is 0 Å². The van der Waals surface area contributed by atoms with Gasteiger partial charge in [-0.25, -0.2) is 0 Å². The van der Waals surface area contributed by atoms with Gasteiger partial charge in [0.1, 0.15) is 6.10 Å². The molecule has 26 heavy (non-hydrogen) atoms. The van der Waals surface area contributed by atoms with Crippen LogP contribution in [-0.4, -0.2) is 17.9 Å². The second kappa shape index (κ2) is 5.68. The van der Waals surface area contributed by atoms with E-state index in [0.717, 1.165) is 37.7 Å². The molecule has 0 unspecified atom stereocenters. The lowest BCUT2D eigenvalue weighted by Gasteiger charge is -2.58. The number of fused-ring (bicyclic) bond motifs is 5. The Morgan fingerprint density at radius 2 is 1.92 bits per heavy atom. The quantitative estimate of drug-likeness (QED) is 0.636. The molecule has 0 aromatic carbocycles. The Morgan fingerprint density at radius 1 is 1.19 bits per heavy atom. The van der Waals surface area contributed by atoms with Crippen LogP contribution in [-0.2, 0) is 14.3 Å². The molecule has 0 N–H and O–H groups in total. The Morgan fingerprint density at radius 3 is 2.62 bits per heavy atom. The maximum Gasteiger partial charge on any atom is 0.302 e. The van der Waals surface area contributed by atoms with Crippen molar-refractivity contribution < 1.29 is 14.3 Å². The van der Waals surface area contributed by atoms with Gasteiger partial charge in [-0.1, -0.05) is 31.6 Å². The van der Waals surface area contributed by atoms with E-state index < -0.39 is 0 Å². The van der Waals surface area contributed by atoms with Gasteiger partial charge in [-0.15, -0.1) is 0 Å². The van der Waals surface area contributed by atoms with Crippen molar-refractivity contribution in [3.63, 3.8) is 0 Å². The second-order valence-electron chi connectivity index (χ2n) is 9.39. The highest BCUT2D eigenvalue weighted by Crippen LogP contribution is 2.66. The third-order valence-corrected chi connectivity index (χ3v) is 8.29. The number of esters is 1. The summed E-state index contributed by atoms with van der Waals surface area (Å²) in [7, 11) is 0. The molecule has 0 saturated heterocycles. The maximum atomic E-state index is 12.1. The van der Waals surface area contributed by atoms with E-state index in [-0.39, 0.29) is 28.7 Å². The summed E-state index contributed by atoms with van der Waals surface area (Å²) in [6.45, 7) is 12.7. The van der Waals surface area contributed by atoms with E-state index in [0.29, 0.717) is 17.8 Å².